The molecule has 1 unspecified atom stereocenters. The molecule has 1 aromatic rings. The molecule has 24 heavy (non-hydrogen) atoms. The molecule has 2 N–H and O–H groups in total. The first-order valence-corrected chi connectivity index (χ1v) is 7.38. The number of benzene rings is 1. The lowest BCUT2D eigenvalue weighted by atomic mass is 10.2. The van der Waals surface area contributed by atoms with Crippen molar-refractivity contribution in [1.82, 2.24) is 4.90 Å². The normalized spacial score (nSPS) is 11.3. The highest BCUT2D eigenvalue weighted by Crippen LogP contribution is 2.16. The molecule has 0 spiro atoms. The van der Waals surface area contributed by atoms with Gasteiger partial charge in [-0.15, -0.1) is 0 Å². The Labute approximate surface area is 140 Å². The van der Waals surface area contributed by atoms with Crippen LogP contribution in [0.15, 0.2) is 24.3 Å². The first-order valence-electron chi connectivity index (χ1n) is 7.38. The molecular formula is C16H22N2O6. The van der Waals surface area contributed by atoms with Gasteiger partial charge in [-0.05, 0) is 24.3 Å². The highest BCUT2D eigenvalue weighted by Gasteiger charge is 2.17. The largest absolute Gasteiger partial charge is 0.493 e. The molecule has 0 fully saturated rings. The molecule has 1 aromatic carbocycles. The van der Waals surface area contributed by atoms with E-state index in [0.717, 1.165) is 0 Å². The maximum absolute atomic E-state index is 12.0. The SMILES string of the molecule is COC(=O)CCOc1ccc(NC(=O)N(C)CC(C)C(=O)O)cc1. The van der Waals surface area contributed by atoms with Gasteiger partial charge in [0, 0.05) is 19.3 Å². The number of carboxylic acids is 1. The van der Waals surface area contributed by atoms with E-state index in [1.165, 1.54) is 26.0 Å². The van der Waals surface area contributed by atoms with Crippen LogP contribution >= 0.6 is 0 Å². The number of amides is 2. The number of ether oxygens (including phenoxy) is 2. The van der Waals surface area contributed by atoms with Gasteiger partial charge in [0.2, 0.25) is 0 Å². The topological polar surface area (TPSA) is 105 Å². The van der Waals surface area contributed by atoms with E-state index in [2.05, 4.69) is 10.1 Å². The fourth-order valence-corrected chi connectivity index (χ4v) is 1.78. The Morgan fingerprint density at radius 1 is 1.25 bits per heavy atom. The van der Waals surface area contributed by atoms with Crippen LogP contribution in [0.4, 0.5) is 10.5 Å². The van der Waals surface area contributed by atoms with Crippen LogP contribution < -0.4 is 10.1 Å². The van der Waals surface area contributed by atoms with Crippen LogP contribution in [0.25, 0.3) is 0 Å². The first-order chi connectivity index (χ1) is 11.3. The number of carboxylic acid groups (broad SMARTS) is 1. The smallest absolute Gasteiger partial charge is 0.321 e. The summed E-state index contributed by atoms with van der Waals surface area (Å²) in [5.74, 6) is -1.39. The van der Waals surface area contributed by atoms with E-state index < -0.39 is 17.9 Å². The molecule has 0 saturated heterocycles. The number of hydrogen-bond acceptors (Lipinski definition) is 5. The third-order valence-corrected chi connectivity index (χ3v) is 3.22. The van der Waals surface area contributed by atoms with E-state index in [1.807, 2.05) is 0 Å². The molecule has 8 heteroatoms. The molecule has 1 atom stereocenters. The molecule has 1 rings (SSSR count). The number of esters is 1. The number of rotatable bonds is 8. The van der Waals surface area contributed by atoms with E-state index in [9.17, 15) is 14.4 Å². The van der Waals surface area contributed by atoms with Gasteiger partial charge in [-0.2, -0.15) is 0 Å². The van der Waals surface area contributed by atoms with Gasteiger partial charge in [0.15, 0.2) is 0 Å². The summed E-state index contributed by atoms with van der Waals surface area (Å²) in [5.41, 5.74) is 0.551. The summed E-state index contributed by atoms with van der Waals surface area (Å²) in [7, 11) is 2.84. The Morgan fingerprint density at radius 3 is 2.42 bits per heavy atom. The van der Waals surface area contributed by atoms with E-state index in [4.69, 9.17) is 9.84 Å². The van der Waals surface area contributed by atoms with Crippen molar-refractivity contribution in [2.24, 2.45) is 5.92 Å². The fourth-order valence-electron chi connectivity index (χ4n) is 1.78. The number of carbonyl (C=O) groups is 3. The lowest BCUT2D eigenvalue weighted by Gasteiger charge is -2.20. The summed E-state index contributed by atoms with van der Waals surface area (Å²) in [6.45, 7) is 1.84. The average molecular weight is 338 g/mol. The maximum Gasteiger partial charge on any atom is 0.321 e. The number of urea groups is 1. The van der Waals surface area contributed by atoms with Crippen molar-refractivity contribution in [2.75, 3.05) is 32.6 Å². The zero-order chi connectivity index (χ0) is 18.1. The van der Waals surface area contributed by atoms with Crippen LogP contribution in [0.5, 0.6) is 5.75 Å². The van der Waals surface area contributed by atoms with E-state index in [-0.39, 0.29) is 25.5 Å². The van der Waals surface area contributed by atoms with Crippen molar-refractivity contribution >= 4 is 23.7 Å². The summed E-state index contributed by atoms with van der Waals surface area (Å²) in [6.07, 6.45) is 0.154. The van der Waals surface area contributed by atoms with Crippen molar-refractivity contribution in [2.45, 2.75) is 13.3 Å². The Morgan fingerprint density at radius 2 is 1.88 bits per heavy atom. The highest BCUT2D eigenvalue weighted by atomic mass is 16.5. The predicted octanol–water partition coefficient (Wildman–Crippen LogP) is 1.81. The van der Waals surface area contributed by atoms with E-state index >= 15 is 0 Å². The molecule has 0 aliphatic heterocycles. The van der Waals surface area contributed by atoms with Crippen LogP contribution in [0, 0.1) is 5.92 Å². The van der Waals surface area contributed by atoms with Crippen LogP contribution in [-0.4, -0.2) is 55.3 Å². The van der Waals surface area contributed by atoms with Gasteiger partial charge in [-0.1, -0.05) is 6.92 Å². The lowest BCUT2D eigenvalue weighted by Crippen LogP contribution is -2.36. The molecular weight excluding hydrogens is 316 g/mol. The van der Waals surface area contributed by atoms with Gasteiger partial charge < -0.3 is 24.8 Å². The molecule has 0 saturated carbocycles. The minimum atomic E-state index is -0.955. The van der Waals surface area contributed by atoms with Gasteiger partial charge in [0.1, 0.15) is 5.75 Å². The molecule has 0 radical (unpaired) electrons. The zero-order valence-corrected chi connectivity index (χ0v) is 13.9. The molecule has 0 aliphatic carbocycles. The first kappa shape index (κ1) is 19.3. The number of aliphatic carboxylic acids is 1. The quantitative estimate of drug-likeness (QED) is 0.700. The predicted molar refractivity (Wildman–Crippen MR) is 87.0 cm³/mol. The molecule has 8 nitrogen and oxygen atoms in total. The second-order valence-electron chi connectivity index (χ2n) is 5.25. The Bertz CT molecular complexity index is 572. The average Bonchev–Trinajstić information content (AvgIpc) is 2.55. The summed E-state index contributed by atoms with van der Waals surface area (Å²) in [6, 6.07) is 6.22. The Hall–Kier alpha value is -2.77. The number of nitrogens with one attached hydrogen (secondary N) is 1. The van der Waals surface area contributed by atoms with Crippen LogP contribution in [0.2, 0.25) is 0 Å². The molecule has 0 heterocycles. The van der Waals surface area contributed by atoms with Crippen molar-refractivity contribution in [1.29, 1.82) is 0 Å². The number of nitrogens with zero attached hydrogens (tertiary/aromatic N) is 1. The number of methoxy groups -OCH3 is 1. The molecule has 132 valence electrons. The number of carbonyl (C=O) groups excluding carboxylic acids is 2. The van der Waals surface area contributed by atoms with Gasteiger partial charge in [-0.3, -0.25) is 9.59 Å². The Kier molecular flexibility index (Phi) is 7.54. The van der Waals surface area contributed by atoms with Crippen molar-refractivity contribution in [3.8, 4) is 5.75 Å². The minimum absolute atomic E-state index is 0.107. The lowest BCUT2D eigenvalue weighted by molar-refractivity contribution is -0.142. The monoisotopic (exact) mass is 338 g/mol. The fraction of sp³-hybridized carbons (Fsp3) is 0.438. The van der Waals surface area contributed by atoms with Gasteiger partial charge in [-0.25, -0.2) is 4.79 Å². The Balaban J connectivity index is 2.47. The molecule has 0 aliphatic rings. The van der Waals surface area contributed by atoms with Crippen LogP contribution in [0.3, 0.4) is 0 Å². The second-order valence-corrected chi connectivity index (χ2v) is 5.25. The summed E-state index contributed by atoms with van der Waals surface area (Å²) >= 11 is 0. The van der Waals surface area contributed by atoms with Crippen LogP contribution in [0.1, 0.15) is 13.3 Å². The van der Waals surface area contributed by atoms with Gasteiger partial charge in [0.05, 0.1) is 26.1 Å². The van der Waals surface area contributed by atoms with Crippen molar-refractivity contribution in [3.05, 3.63) is 24.3 Å². The van der Waals surface area contributed by atoms with E-state index in [1.54, 1.807) is 24.3 Å². The van der Waals surface area contributed by atoms with Crippen molar-refractivity contribution in [3.63, 3.8) is 0 Å². The molecule has 0 aromatic heterocycles. The summed E-state index contributed by atoms with van der Waals surface area (Å²) in [5, 5.41) is 11.5. The number of anilines is 1. The maximum atomic E-state index is 12.0. The van der Waals surface area contributed by atoms with E-state index in [0.29, 0.717) is 11.4 Å². The molecule has 0 bridgehead atoms. The van der Waals surface area contributed by atoms with Crippen molar-refractivity contribution < 1.29 is 29.0 Å². The molecule has 2 amide bonds. The zero-order valence-electron chi connectivity index (χ0n) is 13.9. The second kappa shape index (κ2) is 9.39. The van der Waals surface area contributed by atoms with Crippen LogP contribution in [-0.2, 0) is 14.3 Å². The minimum Gasteiger partial charge on any atom is -0.493 e. The standard InChI is InChI=1S/C16H22N2O6/c1-11(15(20)21)10-18(2)16(22)17-12-4-6-13(7-5-12)24-9-8-14(19)23-3/h4-7,11H,8-10H2,1-3H3,(H,17,22)(H,20,21). The van der Waals surface area contributed by atoms with Gasteiger partial charge in [0.25, 0.3) is 0 Å². The summed E-state index contributed by atoms with van der Waals surface area (Å²) < 4.78 is 9.88. The number of hydrogen-bond donors (Lipinski definition) is 2. The van der Waals surface area contributed by atoms with Gasteiger partial charge >= 0.3 is 18.0 Å². The highest BCUT2D eigenvalue weighted by molar-refractivity contribution is 5.89. The summed E-state index contributed by atoms with van der Waals surface area (Å²) in [4.78, 5) is 35.0. The third-order valence-electron chi connectivity index (χ3n) is 3.22. The third kappa shape index (κ3) is 6.55.